The maximum absolute atomic E-state index is 10.9. The van der Waals surface area contributed by atoms with Crippen molar-refractivity contribution in [3.63, 3.8) is 0 Å². The fourth-order valence-electron chi connectivity index (χ4n) is 2.36. The zero-order chi connectivity index (χ0) is 14.3. The molecular weight excluding hydrogens is 256 g/mol. The molecule has 0 atom stereocenters. The molecule has 5 nitrogen and oxygen atoms in total. The number of aryl methyl sites for hydroxylation is 1. The normalized spacial score (nSPS) is 10.9. The van der Waals surface area contributed by atoms with Crippen molar-refractivity contribution in [3.05, 3.63) is 42.1 Å². The monoisotopic (exact) mass is 270 g/mol. The minimum atomic E-state index is -0.961. The Hall–Kier alpha value is -2.69. The highest BCUT2D eigenvalue weighted by molar-refractivity contribution is 5.89. The average Bonchev–Trinajstić information content (AvgIpc) is 3.04. The average molecular weight is 270 g/mol. The van der Waals surface area contributed by atoms with E-state index in [1.807, 2.05) is 35.9 Å². The molecule has 0 fully saturated rings. The molecule has 102 valence electrons. The van der Waals surface area contributed by atoms with Crippen molar-refractivity contribution in [2.45, 2.75) is 0 Å². The zero-order valence-electron chi connectivity index (χ0n) is 11.2. The minimum absolute atomic E-state index is 0.183. The van der Waals surface area contributed by atoms with Crippen LogP contribution < -0.4 is 4.74 Å². The number of ether oxygens (including phenoxy) is 1. The second-order valence-electron chi connectivity index (χ2n) is 4.60. The summed E-state index contributed by atoms with van der Waals surface area (Å²) in [5, 5.41) is 10.0. The van der Waals surface area contributed by atoms with Crippen molar-refractivity contribution in [1.82, 2.24) is 9.55 Å². The van der Waals surface area contributed by atoms with Crippen LogP contribution in [-0.4, -0.2) is 27.7 Å². The number of nitrogens with one attached hydrogen (secondary N) is 1. The quantitative estimate of drug-likeness (QED) is 0.769. The Morgan fingerprint density at radius 2 is 2.05 bits per heavy atom. The molecule has 0 bridgehead atoms. The molecule has 2 aromatic heterocycles. The van der Waals surface area contributed by atoms with E-state index in [-0.39, 0.29) is 5.69 Å². The lowest BCUT2D eigenvalue weighted by molar-refractivity contribution is 0.0691. The first-order valence-electron chi connectivity index (χ1n) is 6.16. The predicted octanol–water partition coefficient (Wildman–Crippen LogP) is 2.88. The predicted molar refractivity (Wildman–Crippen MR) is 76.2 cm³/mol. The lowest BCUT2D eigenvalue weighted by Gasteiger charge is -2.03. The molecule has 1 aromatic carbocycles. The number of aromatic nitrogens is 2. The number of fused-ring (bicyclic) bond motifs is 1. The van der Waals surface area contributed by atoms with E-state index in [4.69, 9.17) is 9.84 Å². The standard InChI is InChI=1S/C15H14N2O3/c1-17-13-8-10(20-2)4-3-9(13)7-14(17)11-5-6-12(16-11)15(18)19/h3-8,16H,1-2H3,(H,18,19). The van der Waals surface area contributed by atoms with Gasteiger partial charge in [-0.25, -0.2) is 4.79 Å². The van der Waals surface area contributed by atoms with Gasteiger partial charge < -0.3 is 19.4 Å². The van der Waals surface area contributed by atoms with Crippen LogP contribution in [0, 0.1) is 0 Å². The van der Waals surface area contributed by atoms with Crippen LogP contribution in [0.2, 0.25) is 0 Å². The van der Waals surface area contributed by atoms with Crippen molar-refractivity contribution in [3.8, 4) is 17.1 Å². The number of nitrogens with zero attached hydrogens (tertiary/aromatic N) is 1. The summed E-state index contributed by atoms with van der Waals surface area (Å²) >= 11 is 0. The summed E-state index contributed by atoms with van der Waals surface area (Å²) in [6.45, 7) is 0. The van der Waals surface area contributed by atoms with E-state index in [0.717, 1.165) is 28.0 Å². The maximum atomic E-state index is 10.9. The van der Waals surface area contributed by atoms with E-state index in [0.29, 0.717) is 0 Å². The molecule has 3 aromatic rings. The highest BCUT2D eigenvalue weighted by atomic mass is 16.5. The molecule has 3 rings (SSSR count). The van der Waals surface area contributed by atoms with E-state index < -0.39 is 5.97 Å². The first-order valence-corrected chi connectivity index (χ1v) is 6.16. The molecule has 0 saturated heterocycles. The van der Waals surface area contributed by atoms with Gasteiger partial charge in [-0.1, -0.05) is 0 Å². The smallest absolute Gasteiger partial charge is 0.352 e. The Labute approximate surface area is 115 Å². The van der Waals surface area contributed by atoms with Gasteiger partial charge in [0.25, 0.3) is 0 Å². The van der Waals surface area contributed by atoms with Crippen molar-refractivity contribution < 1.29 is 14.6 Å². The number of hydrogen-bond donors (Lipinski definition) is 2. The highest BCUT2D eigenvalue weighted by Gasteiger charge is 2.12. The van der Waals surface area contributed by atoms with Crippen LogP contribution in [0.3, 0.4) is 0 Å². The Morgan fingerprint density at radius 3 is 2.70 bits per heavy atom. The van der Waals surface area contributed by atoms with Crippen LogP contribution in [0.4, 0.5) is 0 Å². The number of hydrogen-bond acceptors (Lipinski definition) is 2. The number of carboxylic acid groups (broad SMARTS) is 1. The molecule has 20 heavy (non-hydrogen) atoms. The number of rotatable bonds is 3. The second kappa shape index (κ2) is 4.45. The van der Waals surface area contributed by atoms with Crippen LogP contribution in [-0.2, 0) is 7.05 Å². The second-order valence-corrected chi connectivity index (χ2v) is 4.60. The summed E-state index contributed by atoms with van der Waals surface area (Å²) in [5.74, 6) is -0.167. The number of aromatic amines is 1. The molecule has 2 heterocycles. The first kappa shape index (κ1) is 12.3. The molecule has 0 amide bonds. The van der Waals surface area contributed by atoms with E-state index in [2.05, 4.69) is 4.98 Å². The number of carboxylic acids is 1. The Bertz CT molecular complexity index is 799. The fraction of sp³-hybridized carbons (Fsp3) is 0.133. The molecule has 5 heteroatoms. The number of H-pyrrole nitrogens is 1. The Kier molecular flexibility index (Phi) is 2.75. The Morgan fingerprint density at radius 1 is 1.25 bits per heavy atom. The van der Waals surface area contributed by atoms with Crippen LogP contribution >= 0.6 is 0 Å². The van der Waals surface area contributed by atoms with Crippen LogP contribution in [0.5, 0.6) is 5.75 Å². The molecule has 0 radical (unpaired) electrons. The molecule has 0 aliphatic rings. The van der Waals surface area contributed by atoms with Gasteiger partial charge in [-0.3, -0.25) is 0 Å². The number of methoxy groups -OCH3 is 1. The van der Waals surface area contributed by atoms with Gasteiger partial charge in [0.05, 0.1) is 24.0 Å². The third-order valence-electron chi connectivity index (χ3n) is 3.44. The summed E-state index contributed by atoms with van der Waals surface area (Å²) < 4.78 is 7.24. The first-order chi connectivity index (χ1) is 9.60. The Balaban J connectivity index is 2.15. The summed E-state index contributed by atoms with van der Waals surface area (Å²) in [4.78, 5) is 13.8. The third kappa shape index (κ3) is 1.84. The van der Waals surface area contributed by atoms with Gasteiger partial charge in [0.15, 0.2) is 0 Å². The van der Waals surface area contributed by atoms with Crippen LogP contribution in [0.25, 0.3) is 22.3 Å². The van der Waals surface area contributed by atoms with Crippen molar-refractivity contribution in [1.29, 1.82) is 0 Å². The summed E-state index contributed by atoms with van der Waals surface area (Å²) in [7, 11) is 3.58. The summed E-state index contributed by atoms with van der Waals surface area (Å²) in [6.07, 6.45) is 0. The van der Waals surface area contributed by atoms with E-state index in [9.17, 15) is 4.79 Å². The molecule has 0 saturated carbocycles. The third-order valence-corrected chi connectivity index (χ3v) is 3.44. The fourth-order valence-corrected chi connectivity index (χ4v) is 2.36. The molecule has 0 aliphatic carbocycles. The largest absolute Gasteiger partial charge is 0.497 e. The van der Waals surface area contributed by atoms with E-state index in [1.165, 1.54) is 0 Å². The summed E-state index contributed by atoms with van der Waals surface area (Å²) in [6, 6.07) is 11.2. The van der Waals surface area contributed by atoms with Gasteiger partial charge >= 0.3 is 5.97 Å². The topological polar surface area (TPSA) is 67.2 Å². The van der Waals surface area contributed by atoms with Gasteiger partial charge in [-0.15, -0.1) is 0 Å². The van der Waals surface area contributed by atoms with Gasteiger partial charge in [-0.2, -0.15) is 0 Å². The lowest BCUT2D eigenvalue weighted by Crippen LogP contribution is -1.97. The molecular formula is C15H14N2O3. The molecule has 0 unspecified atom stereocenters. The van der Waals surface area contributed by atoms with Crippen molar-refractivity contribution in [2.24, 2.45) is 7.05 Å². The number of aromatic carboxylic acids is 1. The molecule has 2 N–H and O–H groups in total. The van der Waals surface area contributed by atoms with Gasteiger partial charge in [0, 0.05) is 18.5 Å². The van der Waals surface area contributed by atoms with Gasteiger partial charge in [0.1, 0.15) is 11.4 Å². The highest BCUT2D eigenvalue weighted by Crippen LogP contribution is 2.29. The van der Waals surface area contributed by atoms with E-state index >= 15 is 0 Å². The SMILES string of the molecule is COc1ccc2cc(-c3ccc(C(=O)O)[nH]3)n(C)c2c1. The number of benzene rings is 1. The van der Waals surface area contributed by atoms with Gasteiger partial charge in [0.2, 0.25) is 0 Å². The molecule has 0 aliphatic heterocycles. The van der Waals surface area contributed by atoms with Gasteiger partial charge in [-0.05, 0) is 30.3 Å². The molecule has 0 spiro atoms. The van der Waals surface area contributed by atoms with Crippen molar-refractivity contribution >= 4 is 16.9 Å². The number of carbonyl (C=O) groups is 1. The van der Waals surface area contributed by atoms with Crippen LogP contribution in [0.1, 0.15) is 10.5 Å². The summed E-state index contributed by atoms with van der Waals surface area (Å²) in [5.41, 5.74) is 2.93. The van der Waals surface area contributed by atoms with Crippen molar-refractivity contribution in [2.75, 3.05) is 7.11 Å². The van der Waals surface area contributed by atoms with Crippen LogP contribution in [0.15, 0.2) is 36.4 Å². The lowest BCUT2D eigenvalue weighted by atomic mass is 10.2. The minimum Gasteiger partial charge on any atom is -0.497 e. The maximum Gasteiger partial charge on any atom is 0.352 e. The zero-order valence-corrected chi connectivity index (χ0v) is 11.2. The van der Waals surface area contributed by atoms with E-state index in [1.54, 1.807) is 19.2 Å².